The van der Waals surface area contributed by atoms with Gasteiger partial charge in [-0.3, -0.25) is 19.4 Å². The summed E-state index contributed by atoms with van der Waals surface area (Å²) in [5, 5.41) is 14.9. The molecule has 0 aliphatic carbocycles. The number of ether oxygens (including phenoxy) is 1. The molecule has 1 N–H and O–H groups in total. The van der Waals surface area contributed by atoms with Crippen molar-refractivity contribution in [2.24, 2.45) is 0 Å². The Labute approximate surface area is 209 Å². The Morgan fingerprint density at radius 2 is 1.71 bits per heavy atom. The minimum absolute atomic E-state index is 0. The molecule has 0 radical (unpaired) electrons. The first kappa shape index (κ1) is 24.5. The second kappa shape index (κ2) is 10.3. The molecule has 1 saturated heterocycles. The van der Waals surface area contributed by atoms with Crippen molar-refractivity contribution in [3.8, 4) is 17.0 Å². The van der Waals surface area contributed by atoms with Crippen LogP contribution in [0.3, 0.4) is 0 Å². The lowest BCUT2D eigenvalue weighted by molar-refractivity contribution is -0.117. The Morgan fingerprint density at radius 1 is 1.03 bits per heavy atom. The van der Waals surface area contributed by atoms with E-state index in [-0.39, 0.29) is 23.8 Å². The maximum Gasteiger partial charge on any atom is 0.295 e. The van der Waals surface area contributed by atoms with Gasteiger partial charge in [-0.15, -0.1) is 12.4 Å². The number of carbonyl (C=O) groups is 2. The van der Waals surface area contributed by atoms with Crippen molar-refractivity contribution in [2.45, 2.75) is 25.4 Å². The highest BCUT2D eigenvalue weighted by Gasteiger charge is 2.46. The summed E-state index contributed by atoms with van der Waals surface area (Å²) >= 11 is 0. The van der Waals surface area contributed by atoms with E-state index in [4.69, 9.17) is 9.26 Å². The molecule has 9 heteroatoms. The molecule has 0 spiro atoms. The monoisotopic (exact) mass is 495 g/mol. The Balaban J connectivity index is 0.00000289. The third-order valence-electron chi connectivity index (χ3n) is 6.39. The number of Topliss-reactive ketones (excluding diaryl/α,β-unsaturated/α-hetero) is 1. The molecule has 1 unspecified atom stereocenters. The van der Waals surface area contributed by atoms with Crippen LogP contribution in [0.1, 0.15) is 29.6 Å². The molecule has 1 aromatic heterocycles. The number of hydrogen-bond donors (Lipinski definition) is 1. The highest BCUT2D eigenvalue weighted by atomic mass is 35.5. The summed E-state index contributed by atoms with van der Waals surface area (Å²) in [7, 11) is 1.55. The number of likely N-dealkylation sites (tertiary alicyclic amines) is 1. The number of rotatable bonds is 6. The fourth-order valence-electron chi connectivity index (χ4n) is 4.64. The molecule has 3 aromatic rings. The quantitative estimate of drug-likeness (QED) is 0.498. The van der Waals surface area contributed by atoms with Crippen molar-refractivity contribution in [1.82, 2.24) is 10.1 Å². The maximum atomic E-state index is 13.6. The van der Waals surface area contributed by atoms with Gasteiger partial charge in [0.1, 0.15) is 23.9 Å². The molecule has 0 bridgehead atoms. The average Bonchev–Trinajstić information content (AvgIpc) is 3.52. The number of nitrogens with zero attached hydrogens (tertiary/aromatic N) is 3. The molecule has 1 amide bonds. The van der Waals surface area contributed by atoms with Gasteiger partial charge < -0.3 is 14.4 Å². The Hall–Kier alpha value is -3.62. The lowest BCUT2D eigenvalue weighted by Crippen LogP contribution is -2.51. The van der Waals surface area contributed by atoms with E-state index in [0.717, 1.165) is 37.9 Å². The number of aliphatic hydroxyl groups excluding tert-OH is 1. The Morgan fingerprint density at radius 3 is 2.31 bits per heavy atom. The van der Waals surface area contributed by atoms with E-state index >= 15 is 0 Å². The zero-order valence-electron chi connectivity index (χ0n) is 19.2. The normalized spacial score (nSPS) is 18.5. The van der Waals surface area contributed by atoms with Crippen LogP contribution in [-0.2, 0) is 4.79 Å². The number of halogens is 1. The molecule has 182 valence electrons. The largest absolute Gasteiger partial charge is 0.503 e. The van der Waals surface area contributed by atoms with E-state index < -0.39 is 17.8 Å². The molecular formula is C26H26ClN3O5. The first-order valence-electron chi connectivity index (χ1n) is 11.3. The zero-order chi connectivity index (χ0) is 23.7. The summed E-state index contributed by atoms with van der Waals surface area (Å²) in [5.74, 6) is -0.831. The van der Waals surface area contributed by atoms with E-state index in [2.05, 4.69) is 10.1 Å². The van der Waals surface area contributed by atoms with Crippen LogP contribution in [0, 0.1) is 0 Å². The third-order valence-corrected chi connectivity index (χ3v) is 6.39. The lowest BCUT2D eigenvalue weighted by Gasteiger charge is -2.38. The maximum absolute atomic E-state index is 13.6. The van der Waals surface area contributed by atoms with Gasteiger partial charge in [-0.25, -0.2) is 0 Å². The summed E-state index contributed by atoms with van der Waals surface area (Å²) in [5.41, 5.74) is 2.61. The van der Waals surface area contributed by atoms with Crippen molar-refractivity contribution in [1.29, 1.82) is 0 Å². The van der Waals surface area contributed by atoms with Crippen LogP contribution in [0.15, 0.2) is 76.7 Å². The van der Waals surface area contributed by atoms with E-state index in [1.807, 2.05) is 12.1 Å². The van der Waals surface area contributed by atoms with Crippen molar-refractivity contribution in [2.75, 3.05) is 25.1 Å². The Bertz CT molecular complexity index is 1220. The number of piperidine rings is 1. The van der Waals surface area contributed by atoms with Gasteiger partial charge in [-0.05, 0) is 49.2 Å². The van der Waals surface area contributed by atoms with Gasteiger partial charge in [0.05, 0.1) is 12.7 Å². The van der Waals surface area contributed by atoms with Crippen molar-refractivity contribution < 1.29 is 24.0 Å². The number of anilines is 1. The van der Waals surface area contributed by atoms with Gasteiger partial charge in [-0.1, -0.05) is 23.7 Å². The van der Waals surface area contributed by atoms with Crippen LogP contribution in [-0.4, -0.2) is 53.2 Å². The number of carbonyl (C=O) groups excluding carboxylic acids is 2. The summed E-state index contributed by atoms with van der Waals surface area (Å²) in [6, 6.07) is 15.7. The Kier molecular flexibility index (Phi) is 7.23. The van der Waals surface area contributed by atoms with Crippen LogP contribution >= 0.6 is 12.4 Å². The highest BCUT2D eigenvalue weighted by Crippen LogP contribution is 2.36. The number of ketones is 1. The standard InChI is InChI=1S/C26H25N3O5.ClH/c1-33-20-11-7-18(8-12-20)23(30)22-24(31)26(32)29(25(22)28-14-3-2-4-15-28)19-9-5-17(6-10-19)21-13-16-34-27-21;/h5-13,16,25,31H,2-4,14-15H2,1H3;1H. The molecule has 8 nitrogen and oxygen atoms in total. The fourth-order valence-corrected chi connectivity index (χ4v) is 4.64. The van der Waals surface area contributed by atoms with Gasteiger partial charge >= 0.3 is 0 Å². The van der Waals surface area contributed by atoms with Crippen molar-refractivity contribution in [3.05, 3.63) is 77.8 Å². The molecule has 2 aromatic carbocycles. The van der Waals surface area contributed by atoms with E-state index in [1.54, 1.807) is 49.6 Å². The van der Waals surface area contributed by atoms with Crippen LogP contribution < -0.4 is 9.64 Å². The molecule has 35 heavy (non-hydrogen) atoms. The summed E-state index contributed by atoms with van der Waals surface area (Å²) in [6.45, 7) is 1.47. The summed E-state index contributed by atoms with van der Waals surface area (Å²) in [6.07, 6.45) is 3.85. The van der Waals surface area contributed by atoms with Gasteiger partial charge in [0.2, 0.25) is 0 Å². The molecule has 2 aliphatic heterocycles. The average molecular weight is 496 g/mol. The van der Waals surface area contributed by atoms with E-state index in [0.29, 0.717) is 22.7 Å². The molecular weight excluding hydrogens is 470 g/mol. The second-order valence-electron chi connectivity index (χ2n) is 8.40. The van der Waals surface area contributed by atoms with Crippen molar-refractivity contribution >= 4 is 29.8 Å². The highest BCUT2D eigenvalue weighted by molar-refractivity contribution is 6.20. The number of benzene rings is 2. The topological polar surface area (TPSA) is 96.1 Å². The van der Waals surface area contributed by atoms with Gasteiger partial charge in [0, 0.05) is 36.0 Å². The third kappa shape index (κ3) is 4.54. The number of aromatic nitrogens is 1. The molecule has 1 fully saturated rings. The molecule has 5 rings (SSSR count). The number of aliphatic hydroxyl groups is 1. The van der Waals surface area contributed by atoms with Crippen LogP contribution in [0.25, 0.3) is 11.3 Å². The predicted octanol–water partition coefficient (Wildman–Crippen LogP) is 4.63. The second-order valence-corrected chi connectivity index (χ2v) is 8.40. The van der Waals surface area contributed by atoms with Gasteiger partial charge in [0.15, 0.2) is 11.5 Å². The first-order valence-corrected chi connectivity index (χ1v) is 11.3. The van der Waals surface area contributed by atoms with E-state index in [9.17, 15) is 14.7 Å². The smallest absolute Gasteiger partial charge is 0.295 e. The first-order chi connectivity index (χ1) is 16.6. The molecule has 1 atom stereocenters. The SMILES string of the molecule is COc1ccc(C(=O)C2=C(O)C(=O)N(c3ccc(-c4ccon4)cc3)C2N2CCCCC2)cc1.Cl. The van der Waals surface area contributed by atoms with Crippen LogP contribution in [0.4, 0.5) is 5.69 Å². The van der Waals surface area contributed by atoms with Crippen LogP contribution in [0.5, 0.6) is 5.75 Å². The predicted molar refractivity (Wildman–Crippen MR) is 133 cm³/mol. The molecule has 3 heterocycles. The number of amides is 1. The minimum Gasteiger partial charge on any atom is -0.503 e. The summed E-state index contributed by atoms with van der Waals surface area (Å²) < 4.78 is 10.1. The van der Waals surface area contributed by atoms with Gasteiger partial charge in [0.25, 0.3) is 5.91 Å². The number of hydrogen-bond acceptors (Lipinski definition) is 7. The minimum atomic E-state index is -0.680. The van der Waals surface area contributed by atoms with E-state index in [1.165, 1.54) is 11.2 Å². The fraction of sp³-hybridized carbons (Fsp3) is 0.269. The van der Waals surface area contributed by atoms with Crippen molar-refractivity contribution in [3.63, 3.8) is 0 Å². The lowest BCUT2D eigenvalue weighted by atomic mass is 9.99. The number of methoxy groups -OCH3 is 1. The zero-order valence-corrected chi connectivity index (χ0v) is 20.0. The molecule has 0 saturated carbocycles. The van der Waals surface area contributed by atoms with Crippen LogP contribution in [0.2, 0.25) is 0 Å². The molecule has 2 aliphatic rings. The summed E-state index contributed by atoms with van der Waals surface area (Å²) in [4.78, 5) is 30.5. The van der Waals surface area contributed by atoms with Gasteiger partial charge in [-0.2, -0.15) is 0 Å².